The van der Waals surface area contributed by atoms with Crippen molar-refractivity contribution >= 4 is 33.2 Å². The molecule has 0 saturated heterocycles. The molecule has 7 heteroatoms. The molecule has 0 spiro atoms. The summed E-state index contributed by atoms with van der Waals surface area (Å²) in [6.45, 7) is 6.19. The third-order valence-corrected chi connectivity index (χ3v) is 5.72. The summed E-state index contributed by atoms with van der Waals surface area (Å²) in [5.74, 6) is 0. The highest BCUT2D eigenvalue weighted by molar-refractivity contribution is 7.89. The molecule has 19 heavy (non-hydrogen) atoms. The van der Waals surface area contributed by atoms with Crippen LogP contribution in [-0.4, -0.2) is 24.7 Å². The van der Waals surface area contributed by atoms with Gasteiger partial charge in [0.1, 0.15) is 4.90 Å². The summed E-state index contributed by atoms with van der Waals surface area (Å²) in [6.07, 6.45) is 0. The second-order valence-corrected chi connectivity index (χ2v) is 7.77. The molecule has 108 valence electrons. The number of rotatable bonds is 4. The highest BCUT2D eigenvalue weighted by atomic mass is 35.5. The number of benzene rings is 1. The van der Waals surface area contributed by atoms with Crippen LogP contribution in [0.3, 0.4) is 0 Å². The summed E-state index contributed by atoms with van der Waals surface area (Å²) in [6, 6.07) is 4.45. The lowest BCUT2D eigenvalue weighted by Crippen LogP contribution is -2.57. The minimum atomic E-state index is -3.94. The highest BCUT2D eigenvalue weighted by Gasteiger charge is 2.39. The van der Waals surface area contributed by atoms with Crippen LogP contribution in [0.2, 0.25) is 10.0 Å². The van der Waals surface area contributed by atoms with E-state index >= 15 is 0 Å². The zero-order chi connectivity index (χ0) is 15.1. The van der Waals surface area contributed by atoms with Gasteiger partial charge in [-0.2, -0.15) is 0 Å². The van der Waals surface area contributed by atoms with Crippen molar-refractivity contribution in [2.75, 3.05) is 0 Å². The summed E-state index contributed by atoms with van der Waals surface area (Å²) in [7, 11) is -3.94. The van der Waals surface area contributed by atoms with E-state index in [9.17, 15) is 13.5 Å². The van der Waals surface area contributed by atoms with Crippen molar-refractivity contribution in [3.63, 3.8) is 0 Å². The third-order valence-electron chi connectivity index (χ3n) is 3.11. The van der Waals surface area contributed by atoms with Crippen LogP contribution in [0.15, 0.2) is 23.1 Å². The predicted molar refractivity (Wildman–Crippen MR) is 77.2 cm³/mol. The fourth-order valence-electron chi connectivity index (χ4n) is 1.25. The predicted octanol–water partition coefficient (Wildman–Crippen LogP) is 2.82. The van der Waals surface area contributed by atoms with Crippen LogP contribution in [0.25, 0.3) is 0 Å². The van der Waals surface area contributed by atoms with Crippen molar-refractivity contribution in [3.05, 3.63) is 28.2 Å². The molecule has 1 aromatic carbocycles. The van der Waals surface area contributed by atoms with Gasteiger partial charge in [0.25, 0.3) is 0 Å². The Labute approximate surface area is 123 Å². The summed E-state index contributed by atoms with van der Waals surface area (Å²) >= 11 is 11.8. The largest absolute Gasteiger partial charge is 0.389 e. The second-order valence-electron chi connectivity index (χ2n) is 5.34. The first-order valence-corrected chi connectivity index (χ1v) is 7.83. The molecule has 0 unspecified atom stereocenters. The smallest absolute Gasteiger partial charge is 0.244 e. The fourth-order valence-corrected chi connectivity index (χ4v) is 3.93. The van der Waals surface area contributed by atoms with Crippen LogP contribution in [0.4, 0.5) is 0 Å². The van der Waals surface area contributed by atoms with Crippen LogP contribution in [0.1, 0.15) is 27.7 Å². The molecule has 0 fully saturated rings. The molecule has 0 amide bonds. The van der Waals surface area contributed by atoms with E-state index in [1.165, 1.54) is 26.0 Å². The molecule has 1 rings (SSSR count). The topological polar surface area (TPSA) is 66.4 Å². The summed E-state index contributed by atoms with van der Waals surface area (Å²) in [5, 5.41) is 10.1. The number of halogens is 2. The van der Waals surface area contributed by atoms with Gasteiger partial charge >= 0.3 is 0 Å². The minimum Gasteiger partial charge on any atom is -0.389 e. The van der Waals surface area contributed by atoms with Crippen LogP contribution >= 0.6 is 23.2 Å². The van der Waals surface area contributed by atoms with E-state index in [1.807, 2.05) is 0 Å². The van der Waals surface area contributed by atoms with E-state index in [0.717, 1.165) is 0 Å². The average molecular weight is 326 g/mol. The highest BCUT2D eigenvalue weighted by Crippen LogP contribution is 2.31. The van der Waals surface area contributed by atoms with E-state index in [-0.39, 0.29) is 14.9 Å². The van der Waals surface area contributed by atoms with Gasteiger partial charge in [0.15, 0.2) is 0 Å². The zero-order valence-electron chi connectivity index (χ0n) is 11.2. The van der Waals surface area contributed by atoms with Gasteiger partial charge in [-0.15, -0.1) is 0 Å². The van der Waals surface area contributed by atoms with Gasteiger partial charge < -0.3 is 5.11 Å². The third kappa shape index (κ3) is 3.61. The number of nitrogens with one attached hydrogen (secondary N) is 1. The van der Waals surface area contributed by atoms with Gasteiger partial charge in [-0.3, -0.25) is 0 Å². The zero-order valence-corrected chi connectivity index (χ0v) is 13.5. The van der Waals surface area contributed by atoms with Crippen molar-refractivity contribution in [1.82, 2.24) is 4.72 Å². The summed E-state index contributed by atoms with van der Waals surface area (Å²) < 4.78 is 27.1. The van der Waals surface area contributed by atoms with Crippen LogP contribution < -0.4 is 4.72 Å². The monoisotopic (exact) mass is 325 g/mol. The lowest BCUT2D eigenvalue weighted by Gasteiger charge is -2.37. The van der Waals surface area contributed by atoms with Crippen LogP contribution in [0.5, 0.6) is 0 Å². The maximum Gasteiger partial charge on any atom is 0.244 e. The van der Waals surface area contributed by atoms with E-state index < -0.39 is 21.2 Å². The SMILES string of the molecule is CC(C)(O)C(C)(C)NS(=O)(=O)c1c(Cl)cccc1Cl. The van der Waals surface area contributed by atoms with E-state index in [2.05, 4.69) is 4.72 Å². The maximum absolute atomic E-state index is 12.3. The van der Waals surface area contributed by atoms with Crippen molar-refractivity contribution in [1.29, 1.82) is 0 Å². The minimum absolute atomic E-state index is 0.0338. The normalized spacial score (nSPS) is 13.6. The van der Waals surface area contributed by atoms with Gasteiger partial charge in [0.2, 0.25) is 10.0 Å². The molecule has 0 saturated carbocycles. The molecule has 0 aliphatic rings. The lowest BCUT2D eigenvalue weighted by atomic mass is 9.87. The average Bonchev–Trinajstić information content (AvgIpc) is 2.12. The molecule has 0 heterocycles. The van der Waals surface area contributed by atoms with Crippen molar-refractivity contribution < 1.29 is 13.5 Å². The Balaban J connectivity index is 3.28. The summed E-state index contributed by atoms with van der Waals surface area (Å²) in [5.41, 5.74) is -2.35. The summed E-state index contributed by atoms with van der Waals surface area (Å²) in [4.78, 5) is -0.185. The Morgan fingerprint density at radius 3 is 1.89 bits per heavy atom. The quantitative estimate of drug-likeness (QED) is 0.894. The molecule has 0 bridgehead atoms. The molecule has 2 N–H and O–H groups in total. The molecule has 0 aromatic heterocycles. The van der Waals surface area contributed by atoms with Gasteiger partial charge in [-0.1, -0.05) is 29.3 Å². The molecule has 4 nitrogen and oxygen atoms in total. The van der Waals surface area contributed by atoms with Crippen LogP contribution in [0, 0.1) is 0 Å². The molecule has 1 aromatic rings. The van der Waals surface area contributed by atoms with Crippen molar-refractivity contribution in [3.8, 4) is 0 Å². The van der Waals surface area contributed by atoms with Crippen LogP contribution in [-0.2, 0) is 10.0 Å². The molecular weight excluding hydrogens is 309 g/mol. The Kier molecular flexibility index (Phi) is 4.59. The standard InChI is InChI=1S/C12H17Cl2NO3S/c1-11(2,12(3,4)16)15-19(17,18)10-8(13)6-5-7-9(10)14/h5-7,15-16H,1-4H3. The molecule has 0 atom stereocenters. The van der Waals surface area contributed by atoms with Gasteiger partial charge in [0, 0.05) is 0 Å². The number of aliphatic hydroxyl groups is 1. The number of sulfonamides is 1. The molecule has 0 radical (unpaired) electrons. The molecular formula is C12H17Cl2NO3S. The lowest BCUT2D eigenvalue weighted by molar-refractivity contribution is 0.00639. The first-order chi connectivity index (χ1) is 8.38. The Hall–Kier alpha value is -0.330. The van der Waals surface area contributed by atoms with E-state index in [0.29, 0.717) is 0 Å². The molecule has 0 aliphatic carbocycles. The first-order valence-electron chi connectivity index (χ1n) is 5.59. The fraction of sp³-hybridized carbons (Fsp3) is 0.500. The van der Waals surface area contributed by atoms with Gasteiger partial charge in [0.05, 0.1) is 21.2 Å². The van der Waals surface area contributed by atoms with Crippen molar-refractivity contribution in [2.45, 2.75) is 43.7 Å². The van der Waals surface area contributed by atoms with Gasteiger partial charge in [-0.25, -0.2) is 13.1 Å². The van der Waals surface area contributed by atoms with E-state index in [4.69, 9.17) is 23.2 Å². The van der Waals surface area contributed by atoms with Gasteiger partial charge in [-0.05, 0) is 39.8 Å². The number of hydrogen-bond acceptors (Lipinski definition) is 3. The Bertz CT molecular complexity index is 557. The Morgan fingerprint density at radius 2 is 1.53 bits per heavy atom. The Morgan fingerprint density at radius 1 is 1.11 bits per heavy atom. The first kappa shape index (κ1) is 16.7. The maximum atomic E-state index is 12.3. The van der Waals surface area contributed by atoms with E-state index in [1.54, 1.807) is 19.9 Å². The molecule has 0 aliphatic heterocycles. The van der Waals surface area contributed by atoms with Crippen molar-refractivity contribution in [2.24, 2.45) is 0 Å². The number of hydrogen-bond donors (Lipinski definition) is 2. The second kappa shape index (κ2) is 5.22.